The molecule has 0 aliphatic carbocycles. The van der Waals surface area contributed by atoms with E-state index < -0.39 is 0 Å². The van der Waals surface area contributed by atoms with Crippen LogP contribution in [0.3, 0.4) is 0 Å². The van der Waals surface area contributed by atoms with Crippen molar-refractivity contribution >= 4 is 17.5 Å². The van der Waals surface area contributed by atoms with Crippen molar-refractivity contribution in [2.45, 2.75) is 38.6 Å². The number of nitrogens with zero attached hydrogens (tertiary/aromatic N) is 2. The third-order valence-electron chi connectivity index (χ3n) is 2.99. The highest BCUT2D eigenvalue weighted by molar-refractivity contribution is 6.33. The van der Waals surface area contributed by atoms with E-state index in [1.54, 1.807) is 0 Å². The molecule has 1 unspecified atom stereocenters. The molecule has 5 nitrogen and oxygen atoms in total. The Kier molecular flexibility index (Phi) is 4.71. The van der Waals surface area contributed by atoms with Gasteiger partial charge in [0, 0.05) is 12.5 Å². The van der Waals surface area contributed by atoms with E-state index in [2.05, 4.69) is 15.3 Å². The lowest BCUT2D eigenvalue weighted by Gasteiger charge is -2.23. The Bertz CT molecular complexity index is 459. The summed E-state index contributed by atoms with van der Waals surface area (Å²) in [6, 6.07) is 0.0368. The standard InChI is InChI=1S/C13H18ClN3O2/c1-8(2)12-15-6-10(14)11(17-12)13(18)16-9-4-3-5-19-7-9/h6,8-9H,3-5,7H2,1-2H3,(H,16,18). The normalized spacial score (nSPS) is 19.5. The van der Waals surface area contributed by atoms with Crippen LogP contribution in [0.15, 0.2) is 6.20 Å². The van der Waals surface area contributed by atoms with Gasteiger partial charge in [-0.3, -0.25) is 4.79 Å². The van der Waals surface area contributed by atoms with Gasteiger partial charge in [-0.2, -0.15) is 0 Å². The highest BCUT2D eigenvalue weighted by Gasteiger charge is 2.20. The van der Waals surface area contributed by atoms with Crippen LogP contribution in [0.25, 0.3) is 0 Å². The summed E-state index contributed by atoms with van der Waals surface area (Å²) in [6.45, 7) is 5.25. The average molecular weight is 284 g/mol. The summed E-state index contributed by atoms with van der Waals surface area (Å²) < 4.78 is 5.33. The number of carbonyl (C=O) groups excluding carboxylic acids is 1. The minimum atomic E-state index is -0.259. The summed E-state index contributed by atoms with van der Waals surface area (Å²) in [5.41, 5.74) is 0.242. The van der Waals surface area contributed by atoms with E-state index >= 15 is 0 Å². The van der Waals surface area contributed by atoms with Crippen molar-refractivity contribution < 1.29 is 9.53 Å². The van der Waals surface area contributed by atoms with Gasteiger partial charge in [0.05, 0.1) is 23.9 Å². The molecule has 1 aliphatic heterocycles. The van der Waals surface area contributed by atoms with Crippen molar-refractivity contribution in [3.05, 3.63) is 22.7 Å². The van der Waals surface area contributed by atoms with Gasteiger partial charge in [-0.25, -0.2) is 9.97 Å². The minimum absolute atomic E-state index is 0.0368. The summed E-state index contributed by atoms with van der Waals surface area (Å²) in [5, 5.41) is 3.18. The average Bonchev–Trinajstić information content (AvgIpc) is 2.40. The van der Waals surface area contributed by atoms with Crippen LogP contribution in [-0.2, 0) is 4.74 Å². The fourth-order valence-corrected chi connectivity index (χ4v) is 2.10. The molecule has 1 saturated heterocycles. The molecule has 1 N–H and O–H groups in total. The fraction of sp³-hybridized carbons (Fsp3) is 0.615. The van der Waals surface area contributed by atoms with Crippen LogP contribution in [0.4, 0.5) is 0 Å². The molecule has 104 valence electrons. The molecule has 6 heteroatoms. The van der Waals surface area contributed by atoms with Gasteiger partial charge in [0.15, 0.2) is 0 Å². The van der Waals surface area contributed by atoms with Gasteiger partial charge >= 0.3 is 0 Å². The van der Waals surface area contributed by atoms with Gasteiger partial charge in [-0.05, 0) is 12.8 Å². The largest absolute Gasteiger partial charge is 0.379 e. The maximum absolute atomic E-state index is 12.2. The second-order valence-corrected chi connectivity index (χ2v) is 5.37. The lowest BCUT2D eigenvalue weighted by molar-refractivity contribution is 0.0622. The zero-order valence-corrected chi connectivity index (χ0v) is 11.9. The second-order valence-electron chi connectivity index (χ2n) is 4.97. The number of ether oxygens (including phenoxy) is 1. The first-order valence-corrected chi connectivity index (χ1v) is 6.86. The molecule has 1 aromatic heterocycles. The molecule has 0 spiro atoms. The molecular formula is C13H18ClN3O2. The Morgan fingerprint density at radius 3 is 3.00 bits per heavy atom. The predicted octanol–water partition coefficient (Wildman–Crippen LogP) is 2.16. The van der Waals surface area contributed by atoms with Gasteiger partial charge in [0.1, 0.15) is 11.5 Å². The van der Waals surface area contributed by atoms with Crippen LogP contribution in [0.1, 0.15) is 48.9 Å². The van der Waals surface area contributed by atoms with Crippen LogP contribution in [0.2, 0.25) is 5.02 Å². The van der Waals surface area contributed by atoms with E-state index in [-0.39, 0.29) is 28.6 Å². The Labute approximate surface area is 117 Å². The number of hydrogen-bond acceptors (Lipinski definition) is 4. The quantitative estimate of drug-likeness (QED) is 0.923. The van der Waals surface area contributed by atoms with Gasteiger partial charge in [0.2, 0.25) is 0 Å². The van der Waals surface area contributed by atoms with E-state index in [0.717, 1.165) is 19.4 Å². The Hall–Kier alpha value is -1.20. The van der Waals surface area contributed by atoms with Crippen LogP contribution in [0, 0.1) is 0 Å². The number of aromatic nitrogens is 2. The Balaban J connectivity index is 2.11. The van der Waals surface area contributed by atoms with Crippen molar-refractivity contribution in [1.82, 2.24) is 15.3 Å². The van der Waals surface area contributed by atoms with Crippen LogP contribution in [0.5, 0.6) is 0 Å². The molecule has 2 heterocycles. The van der Waals surface area contributed by atoms with Crippen molar-refractivity contribution in [3.63, 3.8) is 0 Å². The second kappa shape index (κ2) is 6.30. The molecule has 1 amide bonds. The molecule has 1 aromatic rings. The summed E-state index contributed by atoms with van der Waals surface area (Å²) >= 11 is 6.00. The SMILES string of the molecule is CC(C)c1ncc(Cl)c(C(=O)NC2CCCOC2)n1. The molecule has 0 aromatic carbocycles. The van der Waals surface area contributed by atoms with Gasteiger partial charge in [-0.15, -0.1) is 0 Å². The predicted molar refractivity (Wildman–Crippen MR) is 72.4 cm³/mol. The topological polar surface area (TPSA) is 64.1 Å². The smallest absolute Gasteiger partial charge is 0.271 e. The summed E-state index contributed by atoms with van der Waals surface area (Å²) in [4.78, 5) is 20.5. The molecule has 0 saturated carbocycles. The molecular weight excluding hydrogens is 266 g/mol. The fourth-order valence-electron chi connectivity index (χ4n) is 1.93. The maximum Gasteiger partial charge on any atom is 0.271 e. The number of halogens is 1. The van der Waals surface area contributed by atoms with Crippen molar-refractivity contribution in [2.75, 3.05) is 13.2 Å². The molecule has 0 radical (unpaired) electrons. The van der Waals surface area contributed by atoms with Crippen molar-refractivity contribution in [2.24, 2.45) is 0 Å². The molecule has 0 bridgehead atoms. The molecule has 1 atom stereocenters. The third-order valence-corrected chi connectivity index (χ3v) is 3.27. The van der Waals surface area contributed by atoms with E-state index in [1.165, 1.54) is 6.20 Å². The highest BCUT2D eigenvalue weighted by Crippen LogP contribution is 2.17. The zero-order valence-electron chi connectivity index (χ0n) is 11.1. The van der Waals surface area contributed by atoms with Crippen molar-refractivity contribution in [3.8, 4) is 0 Å². The number of carbonyl (C=O) groups is 1. The van der Waals surface area contributed by atoms with E-state index in [4.69, 9.17) is 16.3 Å². The van der Waals surface area contributed by atoms with Crippen molar-refractivity contribution in [1.29, 1.82) is 0 Å². The number of nitrogens with one attached hydrogen (secondary N) is 1. The maximum atomic E-state index is 12.2. The van der Waals surface area contributed by atoms with Crippen LogP contribution >= 0.6 is 11.6 Å². The monoisotopic (exact) mass is 283 g/mol. The van der Waals surface area contributed by atoms with E-state index in [1.807, 2.05) is 13.8 Å². The van der Waals surface area contributed by atoms with E-state index in [9.17, 15) is 4.79 Å². The molecule has 1 aliphatic rings. The first-order valence-electron chi connectivity index (χ1n) is 6.49. The molecule has 1 fully saturated rings. The third kappa shape index (κ3) is 3.64. The van der Waals surface area contributed by atoms with Gasteiger partial charge in [-0.1, -0.05) is 25.4 Å². The van der Waals surface area contributed by atoms with Gasteiger partial charge in [0.25, 0.3) is 5.91 Å². The summed E-state index contributed by atoms with van der Waals surface area (Å²) in [6.07, 6.45) is 3.36. The first-order chi connectivity index (χ1) is 9.08. The Morgan fingerprint density at radius 2 is 2.37 bits per heavy atom. The van der Waals surface area contributed by atoms with Crippen LogP contribution < -0.4 is 5.32 Å². The Morgan fingerprint density at radius 1 is 1.58 bits per heavy atom. The lowest BCUT2D eigenvalue weighted by Crippen LogP contribution is -2.41. The number of rotatable bonds is 3. The zero-order chi connectivity index (χ0) is 13.8. The lowest BCUT2D eigenvalue weighted by atomic mass is 10.1. The van der Waals surface area contributed by atoms with E-state index in [0.29, 0.717) is 12.4 Å². The summed E-state index contributed by atoms with van der Waals surface area (Å²) in [5.74, 6) is 0.515. The summed E-state index contributed by atoms with van der Waals surface area (Å²) in [7, 11) is 0. The molecule has 19 heavy (non-hydrogen) atoms. The van der Waals surface area contributed by atoms with Gasteiger partial charge < -0.3 is 10.1 Å². The minimum Gasteiger partial charge on any atom is -0.379 e. The number of amides is 1. The number of hydrogen-bond donors (Lipinski definition) is 1. The molecule has 2 rings (SSSR count). The first kappa shape index (κ1) is 14.2. The van der Waals surface area contributed by atoms with Crippen LogP contribution in [-0.4, -0.2) is 35.1 Å². The highest BCUT2D eigenvalue weighted by atomic mass is 35.5.